The third kappa shape index (κ3) is 7.24. The topological polar surface area (TPSA) is 89.5 Å². The van der Waals surface area contributed by atoms with Crippen molar-refractivity contribution in [2.75, 3.05) is 6.61 Å². The molecule has 1 aliphatic rings. The summed E-state index contributed by atoms with van der Waals surface area (Å²) in [6.07, 6.45) is 6.39. The van der Waals surface area contributed by atoms with Crippen LogP contribution in [0.3, 0.4) is 0 Å². The Hall–Kier alpha value is -2.51. The highest BCUT2D eigenvalue weighted by molar-refractivity contribution is 7.89. The molecule has 1 N–H and O–H groups in total. The van der Waals surface area contributed by atoms with Gasteiger partial charge in [-0.1, -0.05) is 75.1 Å². The van der Waals surface area contributed by atoms with Crippen LogP contribution in [0.25, 0.3) is 0 Å². The molecule has 184 valence electrons. The predicted octanol–water partition coefficient (Wildman–Crippen LogP) is 5.16. The molecule has 0 radical (unpaired) electrons. The van der Waals surface area contributed by atoms with Crippen molar-refractivity contribution in [1.29, 1.82) is 0 Å². The van der Waals surface area contributed by atoms with Crippen LogP contribution in [0.1, 0.15) is 79.8 Å². The molecule has 2 aromatic rings. The lowest BCUT2D eigenvalue weighted by Crippen LogP contribution is -2.43. The quantitative estimate of drug-likeness (QED) is 0.371. The van der Waals surface area contributed by atoms with Gasteiger partial charge in [-0.05, 0) is 55.7 Å². The number of esters is 1. The Morgan fingerprint density at radius 1 is 0.971 bits per heavy atom. The molecule has 1 atom stereocenters. The van der Waals surface area contributed by atoms with Gasteiger partial charge in [-0.25, -0.2) is 8.42 Å². The minimum Gasteiger partial charge on any atom is -0.456 e. The molecule has 1 fully saturated rings. The van der Waals surface area contributed by atoms with Gasteiger partial charge in [0.15, 0.2) is 12.4 Å². The molecule has 34 heavy (non-hydrogen) atoms. The second kappa shape index (κ2) is 11.8. The number of hydrogen-bond acceptors (Lipinski definition) is 5. The van der Waals surface area contributed by atoms with Crippen LogP contribution >= 0.6 is 0 Å². The lowest BCUT2D eigenvalue weighted by molar-refractivity contribution is -0.144. The van der Waals surface area contributed by atoms with Crippen LogP contribution in [0, 0.1) is 12.8 Å². The summed E-state index contributed by atoms with van der Waals surface area (Å²) < 4.78 is 33.3. The number of carbonyl (C=O) groups is 2. The third-order valence-electron chi connectivity index (χ3n) is 6.28. The van der Waals surface area contributed by atoms with Crippen LogP contribution in [0.15, 0.2) is 53.4 Å². The van der Waals surface area contributed by atoms with Gasteiger partial charge >= 0.3 is 5.97 Å². The summed E-state index contributed by atoms with van der Waals surface area (Å²) in [5, 5.41) is 0. The monoisotopic (exact) mass is 485 g/mol. The van der Waals surface area contributed by atoms with Gasteiger partial charge in [0, 0.05) is 5.56 Å². The first-order valence-corrected chi connectivity index (χ1v) is 13.5. The Morgan fingerprint density at radius 2 is 1.59 bits per heavy atom. The van der Waals surface area contributed by atoms with Crippen molar-refractivity contribution >= 4 is 21.8 Å². The Kier molecular flexibility index (Phi) is 9.03. The van der Waals surface area contributed by atoms with E-state index < -0.39 is 28.6 Å². The summed E-state index contributed by atoms with van der Waals surface area (Å²) in [5.41, 5.74) is 2.66. The van der Waals surface area contributed by atoms with E-state index in [4.69, 9.17) is 4.74 Å². The van der Waals surface area contributed by atoms with E-state index in [0.29, 0.717) is 11.5 Å². The zero-order valence-corrected chi connectivity index (χ0v) is 21.1. The number of benzene rings is 2. The number of hydrogen-bond donors (Lipinski definition) is 1. The number of rotatable bonds is 10. The van der Waals surface area contributed by atoms with E-state index in [1.54, 1.807) is 24.3 Å². The average Bonchev–Trinajstić information content (AvgIpc) is 2.82. The Morgan fingerprint density at radius 3 is 2.18 bits per heavy atom. The molecule has 6 nitrogen and oxygen atoms in total. The van der Waals surface area contributed by atoms with Crippen LogP contribution in [0.5, 0.6) is 0 Å². The van der Waals surface area contributed by atoms with E-state index in [9.17, 15) is 18.0 Å². The molecule has 0 unspecified atom stereocenters. The van der Waals surface area contributed by atoms with Gasteiger partial charge in [0.25, 0.3) is 0 Å². The molecule has 1 saturated carbocycles. The Labute approximate surface area is 203 Å². The minimum atomic E-state index is -3.91. The second-order valence-corrected chi connectivity index (χ2v) is 11.3. The van der Waals surface area contributed by atoms with Crippen molar-refractivity contribution in [3.05, 3.63) is 65.2 Å². The van der Waals surface area contributed by atoms with Gasteiger partial charge in [-0.15, -0.1) is 0 Å². The van der Waals surface area contributed by atoms with E-state index in [-0.39, 0.29) is 23.0 Å². The van der Waals surface area contributed by atoms with Crippen LogP contribution < -0.4 is 4.72 Å². The zero-order chi connectivity index (χ0) is 24.7. The van der Waals surface area contributed by atoms with Gasteiger partial charge in [-0.3, -0.25) is 9.59 Å². The molecule has 3 rings (SSSR count). The number of ketones is 1. The Balaban J connectivity index is 1.61. The lowest BCUT2D eigenvalue weighted by Gasteiger charge is -2.22. The van der Waals surface area contributed by atoms with Gasteiger partial charge in [-0.2, -0.15) is 4.72 Å². The van der Waals surface area contributed by atoms with Gasteiger partial charge in [0.05, 0.1) is 4.90 Å². The fraction of sp³-hybridized carbons (Fsp3) is 0.481. The molecule has 0 amide bonds. The molecule has 0 bridgehead atoms. The number of carbonyl (C=O) groups excluding carboxylic acids is 2. The number of ether oxygens (including phenoxy) is 1. The average molecular weight is 486 g/mol. The van der Waals surface area contributed by atoms with Gasteiger partial charge in [0.1, 0.15) is 6.04 Å². The van der Waals surface area contributed by atoms with Crippen molar-refractivity contribution in [3.63, 3.8) is 0 Å². The fourth-order valence-electron chi connectivity index (χ4n) is 4.33. The molecule has 2 aromatic carbocycles. The maximum Gasteiger partial charge on any atom is 0.324 e. The number of sulfonamides is 1. The summed E-state index contributed by atoms with van der Waals surface area (Å²) in [6.45, 7) is 5.21. The van der Waals surface area contributed by atoms with E-state index in [1.165, 1.54) is 49.8 Å². The SMILES string of the molecule is Cc1ccc(S(=O)(=O)N[C@@H](CC(C)C)C(=O)OCC(=O)c2ccc(C3CCCCC3)cc2)cc1. The molecule has 1 aliphatic carbocycles. The van der Waals surface area contributed by atoms with Gasteiger partial charge < -0.3 is 4.74 Å². The molecular weight excluding hydrogens is 450 g/mol. The molecular formula is C27H35NO5S. The Bertz CT molecular complexity index is 1070. The maximum atomic E-state index is 12.8. The molecule has 0 aromatic heterocycles. The zero-order valence-electron chi connectivity index (χ0n) is 20.3. The summed E-state index contributed by atoms with van der Waals surface area (Å²) in [7, 11) is -3.91. The van der Waals surface area contributed by atoms with Crippen molar-refractivity contribution in [1.82, 2.24) is 4.72 Å². The lowest BCUT2D eigenvalue weighted by atomic mass is 9.84. The highest BCUT2D eigenvalue weighted by Gasteiger charge is 2.28. The van der Waals surface area contributed by atoms with E-state index in [2.05, 4.69) is 4.72 Å². The van der Waals surface area contributed by atoms with Crippen LogP contribution in [0.2, 0.25) is 0 Å². The molecule has 0 saturated heterocycles. The summed E-state index contributed by atoms with van der Waals surface area (Å²) >= 11 is 0. The van der Waals surface area contributed by atoms with Gasteiger partial charge in [0.2, 0.25) is 10.0 Å². The first-order valence-electron chi connectivity index (χ1n) is 12.0. The van der Waals surface area contributed by atoms with E-state index >= 15 is 0 Å². The fourth-order valence-corrected chi connectivity index (χ4v) is 5.53. The highest BCUT2D eigenvalue weighted by atomic mass is 32.2. The van der Waals surface area contributed by atoms with Crippen LogP contribution in [0.4, 0.5) is 0 Å². The summed E-state index contributed by atoms with van der Waals surface area (Å²) in [5.74, 6) is -0.472. The van der Waals surface area contributed by atoms with Crippen molar-refractivity contribution in [2.45, 2.75) is 76.2 Å². The number of nitrogens with one attached hydrogen (secondary N) is 1. The van der Waals surface area contributed by atoms with E-state index in [0.717, 1.165) is 5.56 Å². The molecule has 0 spiro atoms. The van der Waals surface area contributed by atoms with Crippen molar-refractivity contribution < 1.29 is 22.7 Å². The van der Waals surface area contributed by atoms with Crippen molar-refractivity contribution in [2.24, 2.45) is 5.92 Å². The third-order valence-corrected chi connectivity index (χ3v) is 7.76. The number of Topliss-reactive ketones (excluding diaryl/α,β-unsaturated/α-hetero) is 1. The van der Waals surface area contributed by atoms with Crippen LogP contribution in [-0.4, -0.2) is 32.8 Å². The van der Waals surface area contributed by atoms with E-state index in [1.807, 2.05) is 32.9 Å². The second-order valence-electron chi connectivity index (χ2n) is 9.60. The normalized spacial score (nSPS) is 15.8. The highest BCUT2D eigenvalue weighted by Crippen LogP contribution is 2.32. The standard InChI is InChI=1S/C27H35NO5S/c1-19(2)17-25(28-34(31,32)24-15-9-20(3)10-16-24)27(30)33-18-26(29)23-13-11-22(12-14-23)21-7-5-4-6-8-21/h9-16,19,21,25,28H,4-8,17-18H2,1-3H3/t25-/m0/s1. The summed E-state index contributed by atoms with van der Waals surface area (Å²) in [6, 6.07) is 12.9. The first kappa shape index (κ1) is 26.1. The summed E-state index contributed by atoms with van der Waals surface area (Å²) in [4.78, 5) is 25.4. The largest absolute Gasteiger partial charge is 0.456 e. The first-order chi connectivity index (χ1) is 16.2. The molecule has 7 heteroatoms. The van der Waals surface area contributed by atoms with Crippen molar-refractivity contribution in [3.8, 4) is 0 Å². The molecule has 0 heterocycles. The predicted molar refractivity (Wildman–Crippen MR) is 132 cm³/mol. The smallest absolute Gasteiger partial charge is 0.324 e. The maximum absolute atomic E-state index is 12.8. The minimum absolute atomic E-state index is 0.0429. The molecule has 0 aliphatic heterocycles. The van der Waals surface area contributed by atoms with Crippen LogP contribution in [-0.2, 0) is 19.6 Å². The number of aryl methyl sites for hydroxylation is 1.